The number of amides is 1. The van der Waals surface area contributed by atoms with Crippen molar-refractivity contribution >= 4 is 40.5 Å². The minimum atomic E-state index is -2.60. The molecule has 1 aromatic carbocycles. The number of carbonyl (C=O) groups excluding carboxylic acids is 1. The van der Waals surface area contributed by atoms with Gasteiger partial charge in [-0.2, -0.15) is 5.10 Å². The second kappa shape index (κ2) is 8.24. The first-order chi connectivity index (χ1) is 14.1. The maximum absolute atomic E-state index is 14.4. The van der Waals surface area contributed by atoms with Crippen LogP contribution in [0.4, 0.5) is 27.4 Å². The van der Waals surface area contributed by atoms with Crippen molar-refractivity contribution in [1.82, 2.24) is 20.1 Å². The van der Waals surface area contributed by atoms with E-state index in [4.69, 9.17) is 14.3 Å². The Balaban J connectivity index is 1.93. The van der Waals surface area contributed by atoms with Crippen LogP contribution in [0.5, 0.6) is 0 Å². The average molecular weight is 407 g/mol. The lowest BCUT2D eigenvalue weighted by molar-refractivity contribution is 0.0963. The van der Waals surface area contributed by atoms with Crippen LogP contribution in [0.1, 0.15) is 18.8 Å². The van der Waals surface area contributed by atoms with Crippen LogP contribution in [0.15, 0.2) is 36.5 Å². The quantitative estimate of drug-likeness (QED) is 0.501. The van der Waals surface area contributed by atoms with E-state index in [1.165, 1.54) is 48.3 Å². The molecule has 0 radical (unpaired) electrons. The number of para-hydroxylation sites is 1. The number of rotatable bonds is 6. The second-order valence-corrected chi connectivity index (χ2v) is 6.10. The van der Waals surface area contributed by atoms with Crippen molar-refractivity contribution in [3.63, 3.8) is 0 Å². The third kappa shape index (κ3) is 4.05. The van der Waals surface area contributed by atoms with Crippen LogP contribution in [0, 0.1) is 5.82 Å². The molecule has 3 rings (SSSR count). The van der Waals surface area contributed by atoms with Gasteiger partial charge in [-0.1, -0.05) is 17.7 Å². The summed E-state index contributed by atoms with van der Waals surface area (Å²) < 4.78 is 30.4. The molecule has 0 aliphatic carbocycles. The third-order valence-corrected chi connectivity index (χ3v) is 4.15. The van der Waals surface area contributed by atoms with E-state index < -0.39 is 18.3 Å². The maximum Gasteiger partial charge on any atom is 0.253 e. The SMILES string of the molecule is [2H]C([2H])(O)c1cc(Nc2cc(Nc3c(F)cccc3C(=O)NC)c(Cl)cn2)n(C)n1. The van der Waals surface area contributed by atoms with Crippen molar-refractivity contribution in [2.75, 3.05) is 17.7 Å². The molecule has 28 heavy (non-hydrogen) atoms. The number of carbonyl (C=O) groups is 1. The number of hydrogen-bond donors (Lipinski definition) is 4. The average Bonchev–Trinajstić information content (AvgIpc) is 3.06. The van der Waals surface area contributed by atoms with Gasteiger partial charge < -0.3 is 21.1 Å². The summed E-state index contributed by atoms with van der Waals surface area (Å²) in [5, 5.41) is 21.8. The van der Waals surface area contributed by atoms with Crippen LogP contribution in [0.2, 0.25) is 5.02 Å². The molecule has 0 unspecified atom stereocenters. The normalized spacial score (nSPS) is 12.2. The predicted molar refractivity (Wildman–Crippen MR) is 105 cm³/mol. The first-order valence-electron chi connectivity index (χ1n) is 9.07. The fraction of sp³-hybridized carbons (Fsp3) is 0.167. The summed E-state index contributed by atoms with van der Waals surface area (Å²) in [5.41, 5.74) is 0.152. The number of anilines is 4. The lowest BCUT2D eigenvalue weighted by atomic mass is 10.1. The highest BCUT2D eigenvalue weighted by molar-refractivity contribution is 6.33. The molecule has 10 heteroatoms. The Bertz CT molecular complexity index is 1100. The highest BCUT2D eigenvalue weighted by Gasteiger charge is 2.16. The first-order valence-corrected chi connectivity index (χ1v) is 8.45. The second-order valence-electron chi connectivity index (χ2n) is 5.69. The lowest BCUT2D eigenvalue weighted by Crippen LogP contribution is -2.19. The summed E-state index contributed by atoms with van der Waals surface area (Å²) in [4.78, 5) is 16.2. The Labute approximate surface area is 168 Å². The van der Waals surface area contributed by atoms with Gasteiger partial charge in [-0.25, -0.2) is 9.37 Å². The molecule has 146 valence electrons. The number of aromatic nitrogens is 3. The van der Waals surface area contributed by atoms with Crippen molar-refractivity contribution in [3.05, 3.63) is 58.6 Å². The lowest BCUT2D eigenvalue weighted by Gasteiger charge is -2.14. The number of halogens is 2. The fourth-order valence-electron chi connectivity index (χ4n) is 2.48. The third-order valence-electron chi connectivity index (χ3n) is 3.85. The van der Waals surface area contributed by atoms with E-state index in [0.29, 0.717) is 5.82 Å². The number of pyridine rings is 1. The topological polar surface area (TPSA) is 104 Å². The molecule has 8 nitrogen and oxygen atoms in total. The largest absolute Gasteiger partial charge is 0.390 e. The predicted octanol–water partition coefficient (Wildman–Crippen LogP) is 2.95. The number of hydrogen-bond acceptors (Lipinski definition) is 6. The van der Waals surface area contributed by atoms with Gasteiger partial charge in [0, 0.05) is 26.2 Å². The Kier molecular flexibility index (Phi) is 4.99. The van der Waals surface area contributed by atoms with E-state index in [0.717, 1.165) is 0 Å². The summed E-state index contributed by atoms with van der Waals surface area (Å²) in [6.45, 7) is -2.60. The highest BCUT2D eigenvalue weighted by Crippen LogP contribution is 2.31. The van der Waals surface area contributed by atoms with Crippen LogP contribution >= 0.6 is 11.6 Å². The number of nitrogens with zero attached hydrogens (tertiary/aromatic N) is 3. The Morgan fingerprint density at radius 2 is 2.18 bits per heavy atom. The van der Waals surface area contributed by atoms with Gasteiger partial charge in [0.25, 0.3) is 5.91 Å². The van der Waals surface area contributed by atoms with E-state index in [1.54, 1.807) is 7.05 Å². The van der Waals surface area contributed by atoms with Crippen LogP contribution < -0.4 is 16.0 Å². The van der Waals surface area contributed by atoms with Crippen LogP contribution in [-0.4, -0.2) is 32.8 Å². The summed E-state index contributed by atoms with van der Waals surface area (Å²) in [5.74, 6) is -0.477. The van der Waals surface area contributed by atoms with Gasteiger partial charge >= 0.3 is 0 Å². The van der Waals surface area contributed by atoms with E-state index in [1.807, 2.05) is 0 Å². The zero-order chi connectivity index (χ0) is 22.1. The van der Waals surface area contributed by atoms with Gasteiger partial charge in [0.2, 0.25) is 0 Å². The first kappa shape index (κ1) is 17.0. The van der Waals surface area contributed by atoms with Gasteiger partial charge in [0.15, 0.2) is 0 Å². The van der Waals surface area contributed by atoms with Gasteiger partial charge in [-0.3, -0.25) is 9.48 Å². The van der Waals surface area contributed by atoms with Crippen molar-refractivity contribution in [1.29, 1.82) is 0 Å². The smallest absolute Gasteiger partial charge is 0.253 e. The minimum Gasteiger partial charge on any atom is -0.390 e. The number of aliphatic hydroxyl groups is 1. The molecular weight excluding hydrogens is 387 g/mol. The molecule has 0 fully saturated rings. The molecular formula is C18H18ClFN6O2. The van der Waals surface area contributed by atoms with Crippen LogP contribution in [-0.2, 0) is 13.6 Å². The number of nitrogens with one attached hydrogen (secondary N) is 3. The Morgan fingerprint density at radius 3 is 2.86 bits per heavy atom. The van der Waals surface area contributed by atoms with Gasteiger partial charge in [0.1, 0.15) is 17.5 Å². The zero-order valence-electron chi connectivity index (χ0n) is 16.9. The molecule has 0 saturated heterocycles. The van der Waals surface area contributed by atoms with Crippen LogP contribution in [0.3, 0.4) is 0 Å². The number of aryl methyl sites for hydroxylation is 1. The Hall–Kier alpha value is -3.17. The molecule has 1 amide bonds. The van der Waals surface area contributed by atoms with E-state index in [2.05, 4.69) is 26.0 Å². The molecule has 0 saturated carbocycles. The van der Waals surface area contributed by atoms with E-state index in [9.17, 15) is 14.3 Å². The molecule has 0 atom stereocenters. The molecule has 0 bridgehead atoms. The minimum absolute atomic E-state index is 0.0489. The van der Waals surface area contributed by atoms with E-state index in [-0.39, 0.29) is 33.5 Å². The van der Waals surface area contributed by atoms with Gasteiger partial charge in [-0.05, 0) is 12.1 Å². The summed E-state index contributed by atoms with van der Waals surface area (Å²) in [6.07, 6.45) is 1.33. The van der Waals surface area contributed by atoms with Gasteiger partial charge in [-0.15, -0.1) is 0 Å². The van der Waals surface area contributed by atoms with Crippen molar-refractivity contribution in [2.45, 2.75) is 6.56 Å². The van der Waals surface area contributed by atoms with Crippen LogP contribution in [0.25, 0.3) is 0 Å². The van der Waals surface area contributed by atoms with Crippen molar-refractivity contribution < 1.29 is 17.0 Å². The number of benzene rings is 1. The highest BCUT2D eigenvalue weighted by atomic mass is 35.5. The molecule has 0 aliphatic rings. The van der Waals surface area contributed by atoms with E-state index >= 15 is 0 Å². The van der Waals surface area contributed by atoms with Crippen molar-refractivity contribution in [2.24, 2.45) is 7.05 Å². The zero-order valence-corrected chi connectivity index (χ0v) is 15.7. The summed E-state index contributed by atoms with van der Waals surface area (Å²) >= 11 is 6.19. The fourth-order valence-corrected chi connectivity index (χ4v) is 2.63. The molecule has 0 aliphatic heterocycles. The van der Waals surface area contributed by atoms with Crippen molar-refractivity contribution in [3.8, 4) is 0 Å². The molecule has 2 aromatic heterocycles. The molecule has 2 heterocycles. The molecule has 0 spiro atoms. The standard InChI is InChI=1S/C18H18ClFN6O2/c1-21-18(28)11-4-3-5-13(20)17(11)23-14-7-15(22-8-12(14)19)24-16-6-10(9-27)25-26(16)2/h3-8,27H,9H2,1-2H3,(H,21,28)(H2,22,23,24)/i9D2. The molecule has 4 N–H and O–H groups in total. The summed E-state index contributed by atoms with van der Waals surface area (Å²) in [7, 11) is 3.00. The maximum atomic E-state index is 14.4. The Morgan fingerprint density at radius 1 is 1.39 bits per heavy atom. The summed E-state index contributed by atoms with van der Waals surface area (Å²) in [6, 6.07) is 6.92. The monoisotopic (exact) mass is 406 g/mol. The molecule has 3 aromatic rings. The van der Waals surface area contributed by atoms with Gasteiger partial charge in [0.05, 0.1) is 43.2 Å².